The Morgan fingerprint density at radius 2 is 1.59 bits per heavy atom. The molecular formula is C27H27ClFN3O5S2. The Kier molecular flexibility index (Phi) is 8.45. The zero-order chi connectivity index (χ0) is 28.4. The van der Waals surface area contributed by atoms with Gasteiger partial charge in [-0.15, -0.1) is 0 Å². The number of nitrogens with one attached hydrogen (secondary N) is 3. The number of sulfonamides is 1. The average Bonchev–Trinajstić information content (AvgIpc) is 3.25. The number of amides is 1. The van der Waals surface area contributed by atoms with Crippen LogP contribution in [0.25, 0.3) is 10.9 Å². The second-order valence-corrected chi connectivity index (χ2v) is 13.3. The molecule has 0 bridgehead atoms. The number of aryl methyl sites for hydroxylation is 2. The number of halogens is 2. The van der Waals surface area contributed by atoms with Crippen molar-refractivity contribution in [3.05, 3.63) is 88.3 Å². The number of sulfone groups is 1. The van der Waals surface area contributed by atoms with Crippen molar-refractivity contribution in [3.63, 3.8) is 0 Å². The van der Waals surface area contributed by atoms with Gasteiger partial charge < -0.3 is 10.3 Å². The first-order valence-corrected chi connectivity index (χ1v) is 15.4. The van der Waals surface area contributed by atoms with Crippen molar-refractivity contribution >= 4 is 48.3 Å². The fourth-order valence-electron chi connectivity index (χ4n) is 4.25. The summed E-state index contributed by atoms with van der Waals surface area (Å²) in [5.41, 5.74) is 1.87. The van der Waals surface area contributed by atoms with Crippen LogP contribution in [0.2, 0.25) is 5.02 Å². The molecule has 1 heterocycles. The normalized spacial score (nSPS) is 12.1. The van der Waals surface area contributed by atoms with Crippen LogP contribution in [0.5, 0.6) is 0 Å². The van der Waals surface area contributed by atoms with Crippen LogP contribution in [0.4, 0.5) is 4.39 Å². The average molecular weight is 592 g/mol. The van der Waals surface area contributed by atoms with Crippen LogP contribution in [-0.2, 0) is 19.9 Å². The topological polar surface area (TPSA) is 125 Å². The maximum Gasteiger partial charge on any atom is 0.269 e. The molecule has 0 aliphatic carbocycles. The molecule has 0 atom stereocenters. The number of carbonyl (C=O) groups is 1. The van der Waals surface area contributed by atoms with Gasteiger partial charge in [-0.25, -0.2) is 25.9 Å². The Balaban J connectivity index is 1.48. The van der Waals surface area contributed by atoms with Crippen molar-refractivity contribution in [2.24, 2.45) is 0 Å². The van der Waals surface area contributed by atoms with Crippen molar-refractivity contribution in [1.29, 1.82) is 0 Å². The van der Waals surface area contributed by atoms with Gasteiger partial charge in [0.2, 0.25) is 19.9 Å². The van der Waals surface area contributed by atoms with E-state index in [0.717, 1.165) is 23.3 Å². The van der Waals surface area contributed by atoms with E-state index in [0.29, 0.717) is 28.8 Å². The summed E-state index contributed by atoms with van der Waals surface area (Å²) < 4.78 is 67.9. The summed E-state index contributed by atoms with van der Waals surface area (Å²) in [6.07, 6.45) is 0.785. The predicted molar refractivity (Wildman–Crippen MR) is 148 cm³/mol. The second kappa shape index (κ2) is 11.5. The maximum absolute atomic E-state index is 13.8. The summed E-state index contributed by atoms with van der Waals surface area (Å²) in [4.78, 5) is 15.8. The number of aromatic nitrogens is 1. The summed E-state index contributed by atoms with van der Waals surface area (Å²) in [5.74, 6) is -1.27. The quantitative estimate of drug-likeness (QED) is 0.226. The minimum Gasteiger partial charge on any atom is -0.351 e. The van der Waals surface area contributed by atoms with Crippen molar-refractivity contribution in [1.82, 2.24) is 15.0 Å². The number of aromatic amines is 1. The zero-order valence-electron chi connectivity index (χ0n) is 21.2. The molecule has 206 valence electrons. The Labute approximate surface area is 231 Å². The largest absolute Gasteiger partial charge is 0.351 e. The number of H-pyrrole nitrogens is 1. The van der Waals surface area contributed by atoms with Gasteiger partial charge in [0.15, 0.2) is 0 Å². The van der Waals surface area contributed by atoms with Crippen molar-refractivity contribution in [2.45, 2.75) is 41.4 Å². The third-order valence-electron chi connectivity index (χ3n) is 6.00. The van der Waals surface area contributed by atoms with E-state index in [4.69, 9.17) is 11.6 Å². The molecule has 0 saturated heterocycles. The molecular weight excluding hydrogens is 565 g/mol. The number of hydrogen-bond donors (Lipinski definition) is 3. The van der Waals surface area contributed by atoms with Gasteiger partial charge in [-0.05, 0) is 86.3 Å². The number of carbonyl (C=O) groups excluding carboxylic acids is 1. The molecule has 0 aliphatic rings. The molecule has 0 unspecified atom stereocenters. The minimum atomic E-state index is -4.10. The van der Waals surface area contributed by atoms with Crippen LogP contribution in [0.15, 0.2) is 75.4 Å². The van der Waals surface area contributed by atoms with Crippen LogP contribution in [0.3, 0.4) is 0 Å². The number of rotatable bonds is 10. The van der Waals surface area contributed by atoms with Crippen molar-refractivity contribution < 1.29 is 26.0 Å². The summed E-state index contributed by atoms with van der Waals surface area (Å²) in [6.45, 7) is 3.83. The summed E-state index contributed by atoms with van der Waals surface area (Å²) in [6, 6.07) is 14.4. The molecule has 0 spiro atoms. The van der Waals surface area contributed by atoms with E-state index in [1.54, 1.807) is 38.1 Å². The van der Waals surface area contributed by atoms with Crippen LogP contribution in [0, 0.1) is 19.7 Å². The van der Waals surface area contributed by atoms with Crippen LogP contribution in [-0.4, -0.2) is 40.8 Å². The maximum atomic E-state index is 13.8. The van der Waals surface area contributed by atoms with E-state index >= 15 is 0 Å². The van der Waals surface area contributed by atoms with E-state index in [1.165, 1.54) is 18.2 Å². The molecule has 0 radical (unpaired) electrons. The highest BCUT2D eigenvalue weighted by molar-refractivity contribution is 7.91. The van der Waals surface area contributed by atoms with Crippen molar-refractivity contribution in [3.8, 4) is 0 Å². The molecule has 0 aliphatic heterocycles. The molecule has 1 aromatic heterocycles. The number of benzene rings is 3. The molecule has 1 amide bonds. The van der Waals surface area contributed by atoms with Gasteiger partial charge in [-0.3, -0.25) is 4.79 Å². The highest BCUT2D eigenvalue weighted by Crippen LogP contribution is 2.34. The molecule has 4 rings (SSSR count). The summed E-state index contributed by atoms with van der Waals surface area (Å²) in [5, 5.41) is 3.33. The number of unbranched alkanes of at least 4 members (excludes halogenated alkanes) is 1. The first kappa shape index (κ1) is 28.8. The minimum absolute atomic E-state index is 0.0699. The highest BCUT2D eigenvalue weighted by atomic mass is 35.5. The molecule has 3 aromatic carbocycles. The van der Waals surface area contributed by atoms with Gasteiger partial charge in [0, 0.05) is 29.0 Å². The first-order valence-electron chi connectivity index (χ1n) is 12.1. The van der Waals surface area contributed by atoms with E-state index in [1.807, 2.05) is 6.07 Å². The van der Waals surface area contributed by atoms with Crippen LogP contribution >= 0.6 is 11.6 Å². The van der Waals surface area contributed by atoms with E-state index in [2.05, 4.69) is 15.0 Å². The lowest BCUT2D eigenvalue weighted by atomic mass is 10.2. The van der Waals surface area contributed by atoms with Crippen molar-refractivity contribution in [2.75, 3.05) is 13.1 Å². The Morgan fingerprint density at radius 3 is 2.28 bits per heavy atom. The molecule has 8 nitrogen and oxygen atoms in total. The third kappa shape index (κ3) is 6.50. The predicted octanol–water partition coefficient (Wildman–Crippen LogP) is 4.90. The van der Waals surface area contributed by atoms with Crippen LogP contribution in [0.1, 0.15) is 34.5 Å². The second-order valence-electron chi connectivity index (χ2n) is 9.16. The summed E-state index contributed by atoms with van der Waals surface area (Å²) >= 11 is 6.16. The highest BCUT2D eigenvalue weighted by Gasteiger charge is 2.30. The SMILES string of the molecule is Cc1cc(C)cc(S(=O)(=O)c2c(C(=O)NCCCCNS(=O)(=O)c3cccc(F)c3)[nH]c3ccc(Cl)cc23)c1. The molecule has 3 N–H and O–H groups in total. The monoisotopic (exact) mass is 591 g/mol. The van der Waals surface area contributed by atoms with Gasteiger partial charge in [-0.2, -0.15) is 0 Å². The van der Waals surface area contributed by atoms with Gasteiger partial charge >= 0.3 is 0 Å². The lowest BCUT2D eigenvalue weighted by molar-refractivity contribution is 0.0945. The van der Waals surface area contributed by atoms with E-state index < -0.39 is 31.6 Å². The smallest absolute Gasteiger partial charge is 0.269 e. The lowest BCUT2D eigenvalue weighted by Crippen LogP contribution is -2.28. The number of fused-ring (bicyclic) bond motifs is 1. The van der Waals surface area contributed by atoms with Gasteiger partial charge in [0.1, 0.15) is 16.4 Å². The molecule has 0 saturated carbocycles. The first-order chi connectivity index (χ1) is 18.4. The Morgan fingerprint density at radius 1 is 0.897 bits per heavy atom. The molecule has 12 heteroatoms. The standard InChI is InChI=1S/C27H27ClFN3O5S2/c1-17-12-18(2)14-22(13-17)38(34,35)26-23-15-19(28)8-9-24(23)32-25(26)27(33)30-10-3-4-11-31-39(36,37)21-7-5-6-20(29)16-21/h5-9,12-16,31-32H,3-4,10-11H2,1-2H3,(H,30,33). The lowest BCUT2D eigenvalue weighted by Gasteiger charge is -2.10. The fourth-order valence-corrected chi connectivity index (χ4v) is 7.31. The van der Waals surface area contributed by atoms with E-state index in [9.17, 15) is 26.0 Å². The Hall–Kier alpha value is -3.25. The van der Waals surface area contributed by atoms with Crippen LogP contribution < -0.4 is 10.0 Å². The Bertz CT molecular complexity index is 1750. The summed E-state index contributed by atoms with van der Waals surface area (Å²) in [7, 11) is -7.96. The van der Waals surface area contributed by atoms with Gasteiger partial charge in [0.05, 0.1) is 9.79 Å². The number of hydrogen-bond acceptors (Lipinski definition) is 5. The molecule has 39 heavy (non-hydrogen) atoms. The molecule has 0 fully saturated rings. The van der Waals surface area contributed by atoms with Gasteiger partial charge in [-0.1, -0.05) is 23.7 Å². The molecule has 4 aromatic rings. The third-order valence-corrected chi connectivity index (χ3v) is 9.51. The van der Waals surface area contributed by atoms with Gasteiger partial charge in [0.25, 0.3) is 5.91 Å². The van der Waals surface area contributed by atoms with E-state index in [-0.39, 0.29) is 33.5 Å². The fraction of sp³-hybridized carbons (Fsp3) is 0.222. The zero-order valence-corrected chi connectivity index (χ0v) is 23.6.